The van der Waals surface area contributed by atoms with Crippen LogP contribution in [0.4, 0.5) is 15.9 Å². The van der Waals surface area contributed by atoms with Gasteiger partial charge in [-0.1, -0.05) is 23.7 Å². The van der Waals surface area contributed by atoms with Gasteiger partial charge in [-0.25, -0.2) is 14.4 Å². The van der Waals surface area contributed by atoms with Gasteiger partial charge in [-0.05, 0) is 47.8 Å². The number of halogens is 2. The van der Waals surface area contributed by atoms with Crippen LogP contribution in [0, 0.1) is 5.82 Å². The lowest BCUT2D eigenvalue weighted by molar-refractivity contribution is 0.628. The van der Waals surface area contributed by atoms with Gasteiger partial charge in [0, 0.05) is 11.1 Å². The quantitative estimate of drug-likeness (QED) is 0.497. The molecule has 6 heteroatoms. The molecule has 4 rings (SSSR count). The minimum Gasteiger partial charge on any atom is -0.340 e. The molecule has 0 aliphatic carbocycles. The summed E-state index contributed by atoms with van der Waals surface area (Å²) in [6, 6.07) is 15.7. The Morgan fingerprint density at radius 2 is 1.75 bits per heavy atom. The molecule has 0 atom stereocenters. The first-order valence-corrected chi connectivity index (χ1v) is 8.49. The number of rotatable bonds is 3. The molecule has 0 aliphatic heterocycles. The van der Waals surface area contributed by atoms with Gasteiger partial charge >= 0.3 is 0 Å². The topological polar surface area (TPSA) is 37.8 Å². The molecule has 1 N–H and O–H groups in total. The van der Waals surface area contributed by atoms with Crippen molar-refractivity contribution < 1.29 is 4.39 Å². The summed E-state index contributed by atoms with van der Waals surface area (Å²) in [5.74, 6) is 0.948. The van der Waals surface area contributed by atoms with Crippen LogP contribution >= 0.6 is 22.9 Å². The van der Waals surface area contributed by atoms with Crippen molar-refractivity contribution in [3.05, 3.63) is 70.8 Å². The van der Waals surface area contributed by atoms with E-state index in [9.17, 15) is 4.39 Å². The van der Waals surface area contributed by atoms with Crippen LogP contribution in [-0.2, 0) is 0 Å². The Morgan fingerprint density at radius 3 is 2.50 bits per heavy atom. The van der Waals surface area contributed by atoms with Gasteiger partial charge in [0.15, 0.2) is 5.82 Å². The number of hydrogen-bond acceptors (Lipinski definition) is 4. The summed E-state index contributed by atoms with van der Waals surface area (Å²) in [6.07, 6.45) is 0. The van der Waals surface area contributed by atoms with E-state index in [1.54, 1.807) is 12.1 Å². The molecule has 2 heterocycles. The summed E-state index contributed by atoms with van der Waals surface area (Å²) in [4.78, 5) is 10.1. The molecule has 24 heavy (non-hydrogen) atoms. The third kappa shape index (κ3) is 2.84. The lowest BCUT2D eigenvalue weighted by Crippen LogP contribution is -1.99. The number of hydrogen-bond donors (Lipinski definition) is 1. The molecular formula is C18H11ClFN3S. The SMILES string of the molecule is Fc1ccc(Nc2nc(-c3sccc3Cl)nc3ccccc23)cc1. The number of fused-ring (bicyclic) bond motifs is 1. The molecular weight excluding hydrogens is 345 g/mol. The van der Waals surface area contributed by atoms with Crippen molar-refractivity contribution in [1.29, 1.82) is 0 Å². The molecule has 2 aromatic heterocycles. The molecule has 0 radical (unpaired) electrons. The maximum atomic E-state index is 13.1. The van der Waals surface area contributed by atoms with E-state index in [2.05, 4.69) is 15.3 Å². The van der Waals surface area contributed by atoms with Crippen LogP contribution in [0.15, 0.2) is 60.0 Å². The number of nitrogens with zero attached hydrogens (tertiary/aromatic N) is 2. The minimum atomic E-state index is -0.279. The lowest BCUT2D eigenvalue weighted by atomic mass is 10.2. The Bertz CT molecular complexity index is 1010. The summed E-state index contributed by atoms with van der Waals surface area (Å²) >= 11 is 7.72. The predicted octanol–water partition coefficient (Wildman–Crippen LogP) is 5.89. The zero-order chi connectivity index (χ0) is 16.5. The second kappa shape index (κ2) is 6.19. The van der Waals surface area contributed by atoms with E-state index >= 15 is 0 Å². The highest BCUT2D eigenvalue weighted by Crippen LogP contribution is 2.34. The monoisotopic (exact) mass is 355 g/mol. The zero-order valence-electron chi connectivity index (χ0n) is 12.3. The van der Waals surface area contributed by atoms with Crippen LogP contribution in [0.2, 0.25) is 5.02 Å². The second-order valence-corrected chi connectivity index (χ2v) is 6.47. The van der Waals surface area contributed by atoms with E-state index in [1.165, 1.54) is 23.5 Å². The molecule has 4 aromatic rings. The normalized spacial score (nSPS) is 10.9. The number of benzene rings is 2. The molecule has 0 amide bonds. The zero-order valence-corrected chi connectivity index (χ0v) is 13.9. The van der Waals surface area contributed by atoms with Crippen molar-refractivity contribution >= 4 is 45.3 Å². The average molecular weight is 356 g/mol. The van der Waals surface area contributed by atoms with Crippen LogP contribution in [0.3, 0.4) is 0 Å². The van der Waals surface area contributed by atoms with Gasteiger partial charge in [-0.15, -0.1) is 11.3 Å². The Hall–Kier alpha value is -2.50. The van der Waals surface area contributed by atoms with Gasteiger partial charge in [-0.2, -0.15) is 0 Å². The van der Waals surface area contributed by atoms with Crippen molar-refractivity contribution in [2.75, 3.05) is 5.32 Å². The molecule has 3 nitrogen and oxygen atoms in total. The molecule has 2 aromatic carbocycles. The number of para-hydroxylation sites is 1. The highest BCUT2D eigenvalue weighted by Gasteiger charge is 2.13. The number of aromatic nitrogens is 2. The Balaban J connectivity index is 1.86. The first-order chi connectivity index (χ1) is 11.7. The van der Waals surface area contributed by atoms with Gasteiger partial charge in [0.1, 0.15) is 11.6 Å². The average Bonchev–Trinajstić information content (AvgIpc) is 3.03. The Labute approximate surface area is 146 Å². The fourth-order valence-corrected chi connectivity index (χ4v) is 3.47. The van der Waals surface area contributed by atoms with Crippen molar-refractivity contribution in [3.63, 3.8) is 0 Å². The third-order valence-corrected chi connectivity index (χ3v) is 4.87. The predicted molar refractivity (Wildman–Crippen MR) is 97.5 cm³/mol. The van der Waals surface area contributed by atoms with Gasteiger partial charge in [0.05, 0.1) is 15.4 Å². The van der Waals surface area contributed by atoms with Crippen molar-refractivity contribution in [1.82, 2.24) is 9.97 Å². The summed E-state index contributed by atoms with van der Waals surface area (Å²) in [5.41, 5.74) is 1.57. The number of anilines is 2. The molecule has 0 fully saturated rings. The van der Waals surface area contributed by atoms with Crippen LogP contribution in [0.5, 0.6) is 0 Å². The van der Waals surface area contributed by atoms with Crippen molar-refractivity contribution in [2.24, 2.45) is 0 Å². The number of nitrogens with one attached hydrogen (secondary N) is 1. The van der Waals surface area contributed by atoms with Crippen LogP contribution in [0.25, 0.3) is 21.6 Å². The van der Waals surface area contributed by atoms with Crippen LogP contribution in [-0.4, -0.2) is 9.97 Å². The highest BCUT2D eigenvalue weighted by atomic mass is 35.5. The largest absolute Gasteiger partial charge is 0.340 e. The molecule has 0 unspecified atom stereocenters. The lowest BCUT2D eigenvalue weighted by Gasteiger charge is -2.10. The van der Waals surface area contributed by atoms with Gasteiger partial charge in [0.25, 0.3) is 0 Å². The number of thiophene rings is 1. The van der Waals surface area contributed by atoms with Gasteiger partial charge < -0.3 is 5.32 Å². The molecule has 0 saturated heterocycles. The Kier molecular flexibility index (Phi) is 3.88. The second-order valence-electron chi connectivity index (χ2n) is 5.14. The molecule has 118 valence electrons. The molecule has 0 aliphatic rings. The van der Waals surface area contributed by atoms with Crippen LogP contribution < -0.4 is 5.32 Å². The smallest absolute Gasteiger partial charge is 0.173 e. The van der Waals surface area contributed by atoms with E-state index in [1.807, 2.05) is 35.7 Å². The molecule has 0 saturated carbocycles. The summed E-state index contributed by atoms with van der Waals surface area (Å²) in [5, 5.41) is 6.66. The summed E-state index contributed by atoms with van der Waals surface area (Å²) in [7, 11) is 0. The van der Waals surface area contributed by atoms with Gasteiger partial charge in [0.2, 0.25) is 0 Å². The first-order valence-electron chi connectivity index (χ1n) is 7.23. The Morgan fingerprint density at radius 1 is 0.958 bits per heavy atom. The molecule has 0 spiro atoms. The van der Waals surface area contributed by atoms with E-state index in [0.29, 0.717) is 16.7 Å². The van der Waals surface area contributed by atoms with Gasteiger partial charge in [-0.3, -0.25) is 0 Å². The first kappa shape index (κ1) is 15.1. The van der Waals surface area contributed by atoms with E-state index in [4.69, 9.17) is 11.6 Å². The highest BCUT2D eigenvalue weighted by molar-refractivity contribution is 7.14. The van der Waals surface area contributed by atoms with E-state index in [0.717, 1.165) is 21.5 Å². The fraction of sp³-hybridized carbons (Fsp3) is 0. The standard InChI is InChI=1S/C18H11ClFN3S/c19-14-9-10-24-16(14)18-22-15-4-2-1-3-13(15)17(23-18)21-12-7-5-11(20)6-8-12/h1-10H,(H,21,22,23). The molecule has 0 bridgehead atoms. The van der Waals surface area contributed by atoms with Crippen molar-refractivity contribution in [2.45, 2.75) is 0 Å². The summed E-state index contributed by atoms with van der Waals surface area (Å²) in [6.45, 7) is 0. The summed E-state index contributed by atoms with van der Waals surface area (Å²) < 4.78 is 13.1. The minimum absolute atomic E-state index is 0.279. The van der Waals surface area contributed by atoms with Crippen LogP contribution in [0.1, 0.15) is 0 Å². The third-order valence-electron chi connectivity index (χ3n) is 3.53. The maximum absolute atomic E-state index is 13.1. The maximum Gasteiger partial charge on any atom is 0.173 e. The fourth-order valence-electron chi connectivity index (χ4n) is 2.40. The van der Waals surface area contributed by atoms with E-state index < -0.39 is 0 Å². The van der Waals surface area contributed by atoms with E-state index in [-0.39, 0.29) is 5.82 Å². The van der Waals surface area contributed by atoms with Crippen molar-refractivity contribution in [3.8, 4) is 10.7 Å².